The van der Waals surface area contributed by atoms with E-state index < -0.39 is 29.0 Å². The summed E-state index contributed by atoms with van der Waals surface area (Å²) in [5.74, 6) is -3.21. The third kappa shape index (κ3) is 4.44. The standard InChI is InChI=1S/C27H21FN4O5/c28-24-17(14-33)7-10-22(34)23(24)25(35)15-3-5-16(6-4-15)27(37)32-11-1-2-21(32)26(36)30-19-8-9-20-18(12-19)13-29-31-20/h3-10,12-14,21,34H,1-2,11H2,(H,29,31)(H,30,36). The minimum Gasteiger partial charge on any atom is -0.507 e. The number of halogens is 1. The first-order valence-electron chi connectivity index (χ1n) is 11.5. The van der Waals surface area contributed by atoms with Gasteiger partial charge in [-0.05, 0) is 55.3 Å². The van der Waals surface area contributed by atoms with E-state index in [1.165, 1.54) is 29.2 Å². The number of hydrogen-bond donors (Lipinski definition) is 3. The lowest BCUT2D eigenvalue weighted by molar-refractivity contribution is -0.119. The zero-order chi connectivity index (χ0) is 26.1. The highest BCUT2D eigenvalue weighted by Crippen LogP contribution is 2.27. The fourth-order valence-electron chi connectivity index (χ4n) is 4.49. The van der Waals surface area contributed by atoms with Crippen molar-refractivity contribution < 1.29 is 28.7 Å². The largest absolute Gasteiger partial charge is 0.507 e. The van der Waals surface area contributed by atoms with Crippen molar-refractivity contribution in [1.29, 1.82) is 0 Å². The molecule has 0 saturated carbocycles. The highest BCUT2D eigenvalue weighted by molar-refractivity contribution is 6.12. The van der Waals surface area contributed by atoms with Gasteiger partial charge in [-0.25, -0.2) is 4.39 Å². The Morgan fingerprint density at radius 3 is 2.59 bits per heavy atom. The second kappa shape index (κ2) is 9.65. The molecule has 0 aliphatic carbocycles. The van der Waals surface area contributed by atoms with Crippen LogP contribution in [0.3, 0.4) is 0 Å². The number of aromatic hydroxyl groups is 1. The molecular weight excluding hydrogens is 479 g/mol. The lowest BCUT2D eigenvalue weighted by Gasteiger charge is -2.24. The number of aldehydes is 1. The molecule has 10 heteroatoms. The molecular formula is C27H21FN4O5. The number of carbonyl (C=O) groups excluding carboxylic acids is 4. The number of carbonyl (C=O) groups is 4. The van der Waals surface area contributed by atoms with Gasteiger partial charge in [0.1, 0.15) is 23.2 Å². The predicted octanol–water partition coefficient (Wildman–Crippen LogP) is 3.69. The number of phenolic OH excluding ortho intramolecular Hbond substituents is 1. The number of benzene rings is 3. The Morgan fingerprint density at radius 1 is 1.08 bits per heavy atom. The van der Waals surface area contributed by atoms with Crippen LogP contribution >= 0.6 is 0 Å². The van der Waals surface area contributed by atoms with E-state index >= 15 is 0 Å². The number of anilines is 1. The number of phenols is 1. The van der Waals surface area contributed by atoms with Crippen LogP contribution in [0, 0.1) is 5.82 Å². The maximum Gasteiger partial charge on any atom is 0.254 e. The van der Waals surface area contributed by atoms with Gasteiger partial charge in [0.2, 0.25) is 5.91 Å². The number of hydrogen-bond acceptors (Lipinski definition) is 6. The van der Waals surface area contributed by atoms with Crippen LogP contribution in [-0.2, 0) is 4.79 Å². The average molecular weight is 500 g/mol. The fraction of sp³-hybridized carbons (Fsp3) is 0.148. The van der Waals surface area contributed by atoms with Crippen LogP contribution in [0.5, 0.6) is 5.75 Å². The van der Waals surface area contributed by atoms with E-state index in [2.05, 4.69) is 15.5 Å². The van der Waals surface area contributed by atoms with E-state index in [0.717, 1.165) is 23.0 Å². The predicted molar refractivity (Wildman–Crippen MR) is 132 cm³/mol. The van der Waals surface area contributed by atoms with Crippen LogP contribution in [0.2, 0.25) is 0 Å². The molecule has 9 nitrogen and oxygen atoms in total. The zero-order valence-electron chi connectivity index (χ0n) is 19.4. The van der Waals surface area contributed by atoms with Gasteiger partial charge in [-0.2, -0.15) is 5.10 Å². The molecule has 0 bridgehead atoms. The Hall–Kier alpha value is -4.86. The fourth-order valence-corrected chi connectivity index (χ4v) is 4.49. The molecule has 186 valence electrons. The van der Waals surface area contributed by atoms with Gasteiger partial charge in [0.15, 0.2) is 12.1 Å². The highest BCUT2D eigenvalue weighted by Gasteiger charge is 2.34. The topological polar surface area (TPSA) is 132 Å². The SMILES string of the molecule is O=Cc1ccc(O)c(C(=O)c2ccc(C(=O)N3CCCC3C(=O)Nc3ccc4[nH]ncc4c3)cc2)c1F. The van der Waals surface area contributed by atoms with Gasteiger partial charge in [0.25, 0.3) is 5.91 Å². The number of H-pyrrole nitrogens is 1. The third-order valence-electron chi connectivity index (χ3n) is 6.42. The van der Waals surface area contributed by atoms with Gasteiger partial charge >= 0.3 is 0 Å². The molecule has 1 aromatic heterocycles. The Labute approximate surface area is 209 Å². The van der Waals surface area contributed by atoms with Crippen LogP contribution in [0.1, 0.15) is 49.5 Å². The van der Waals surface area contributed by atoms with E-state index in [-0.39, 0.29) is 34.8 Å². The monoisotopic (exact) mass is 500 g/mol. The van der Waals surface area contributed by atoms with Gasteiger partial charge in [0.05, 0.1) is 17.3 Å². The highest BCUT2D eigenvalue weighted by atomic mass is 19.1. The van der Waals surface area contributed by atoms with Crippen LogP contribution < -0.4 is 5.32 Å². The maximum absolute atomic E-state index is 14.5. The van der Waals surface area contributed by atoms with Crippen LogP contribution in [0.15, 0.2) is 60.8 Å². The average Bonchev–Trinajstić information content (AvgIpc) is 3.58. The van der Waals surface area contributed by atoms with Crippen molar-refractivity contribution >= 4 is 40.5 Å². The van der Waals surface area contributed by atoms with Crippen molar-refractivity contribution in [3.8, 4) is 5.75 Å². The van der Waals surface area contributed by atoms with Crippen molar-refractivity contribution in [2.45, 2.75) is 18.9 Å². The molecule has 1 fully saturated rings. The lowest BCUT2D eigenvalue weighted by atomic mass is 9.98. The molecule has 0 radical (unpaired) electrons. The number of aromatic nitrogens is 2. The summed E-state index contributed by atoms with van der Waals surface area (Å²) < 4.78 is 14.5. The van der Waals surface area contributed by atoms with Gasteiger partial charge < -0.3 is 15.3 Å². The number of nitrogens with one attached hydrogen (secondary N) is 2. The van der Waals surface area contributed by atoms with Gasteiger partial charge in [0, 0.05) is 28.7 Å². The molecule has 37 heavy (non-hydrogen) atoms. The number of amides is 2. The first kappa shape index (κ1) is 23.9. The third-order valence-corrected chi connectivity index (χ3v) is 6.42. The molecule has 2 amide bonds. The smallest absolute Gasteiger partial charge is 0.254 e. The quantitative estimate of drug-likeness (QED) is 0.273. The van der Waals surface area contributed by atoms with Crippen molar-refractivity contribution in [1.82, 2.24) is 15.1 Å². The number of rotatable bonds is 6. The normalized spacial score (nSPS) is 15.1. The summed E-state index contributed by atoms with van der Waals surface area (Å²) in [6, 6.07) is 12.3. The van der Waals surface area contributed by atoms with E-state index in [1.54, 1.807) is 24.4 Å². The number of aromatic amines is 1. The molecule has 3 N–H and O–H groups in total. The van der Waals surface area contributed by atoms with Crippen molar-refractivity contribution in [2.24, 2.45) is 0 Å². The lowest BCUT2D eigenvalue weighted by Crippen LogP contribution is -2.43. The Bertz CT molecular complexity index is 1550. The van der Waals surface area contributed by atoms with E-state index in [0.29, 0.717) is 25.1 Å². The number of likely N-dealkylation sites (tertiary alicyclic amines) is 1. The minimum atomic E-state index is -1.11. The summed E-state index contributed by atoms with van der Waals surface area (Å²) in [5, 5.41) is 20.5. The first-order chi connectivity index (χ1) is 17.9. The summed E-state index contributed by atoms with van der Waals surface area (Å²) in [6.45, 7) is 0.399. The van der Waals surface area contributed by atoms with Crippen molar-refractivity contribution in [3.63, 3.8) is 0 Å². The summed E-state index contributed by atoms with van der Waals surface area (Å²) in [4.78, 5) is 51.5. The van der Waals surface area contributed by atoms with Gasteiger partial charge in [-0.15, -0.1) is 0 Å². The number of nitrogens with zero attached hydrogens (tertiary/aromatic N) is 2. The molecule has 5 rings (SSSR count). The Morgan fingerprint density at radius 2 is 1.84 bits per heavy atom. The summed E-state index contributed by atoms with van der Waals surface area (Å²) in [7, 11) is 0. The van der Waals surface area contributed by atoms with Gasteiger partial charge in [-0.1, -0.05) is 12.1 Å². The zero-order valence-corrected chi connectivity index (χ0v) is 19.4. The second-order valence-electron chi connectivity index (χ2n) is 8.71. The molecule has 1 atom stereocenters. The maximum atomic E-state index is 14.5. The van der Waals surface area contributed by atoms with E-state index in [9.17, 15) is 28.7 Å². The molecule has 2 heterocycles. The van der Waals surface area contributed by atoms with Crippen molar-refractivity contribution in [3.05, 3.63) is 88.9 Å². The molecule has 1 aliphatic heterocycles. The van der Waals surface area contributed by atoms with Gasteiger partial charge in [-0.3, -0.25) is 24.3 Å². The summed E-state index contributed by atoms with van der Waals surface area (Å²) in [5.41, 5.74) is 0.744. The Balaban J connectivity index is 1.32. The van der Waals surface area contributed by atoms with E-state index in [4.69, 9.17) is 0 Å². The Kier molecular flexibility index (Phi) is 6.22. The molecule has 4 aromatic rings. The van der Waals surface area contributed by atoms with Crippen LogP contribution in [0.4, 0.5) is 10.1 Å². The summed E-state index contributed by atoms with van der Waals surface area (Å²) in [6.07, 6.45) is 3.08. The van der Waals surface area contributed by atoms with Crippen LogP contribution in [-0.4, -0.2) is 56.7 Å². The molecule has 1 saturated heterocycles. The molecule has 1 unspecified atom stereocenters. The number of ketones is 1. The van der Waals surface area contributed by atoms with Crippen LogP contribution in [0.25, 0.3) is 10.9 Å². The molecule has 0 spiro atoms. The second-order valence-corrected chi connectivity index (χ2v) is 8.71. The number of fused-ring (bicyclic) bond motifs is 1. The molecule has 3 aromatic carbocycles. The molecule has 1 aliphatic rings. The van der Waals surface area contributed by atoms with E-state index in [1.807, 2.05) is 0 Å². The minimum absolute atomic E-state index is 0.0270. The summed E-state index contributed by atoms with van der Waals surface area (Å²) >= 11 is 0. The van der Waals surface area contributed by atoms with Crippen molar-refractivity contribution in [2.75, 3.05) is 11.9 Å². The first-order valence-corrected chi connectivity index (χ1v) is 11.5.